The molecule has 294 valence electrons. The highest BCUT2D eigenvalue weighted by Gasteiger charge is 2.29. The second-order valence-electron chi connectivity index (χ2n) is 16.0. The van der Waals surface area contributed by atoms with Crippen molar-refractivity contribution in [1.29, 1.82) is 0 Å². The van der Waals surface area contributed by atoms with E-state index in [9.17, 15) is 0 Å². The predicted molar refractivity (Wildman–Crippen MR) is 257 cm³/mol. The Bertz CT molecular complexity index is 3460. The van der Waals surface area contributed by atoms with Gasteiger partial charge in [0.25, 0.3) is 0 Å². The number of aromatic nitrogens is 2. The normalized spacial score (nSPS) is 15.3. The number of amidine groups is 1. The number of para-hydroxylation sites is 4. The van der Waals surface area contributed by atoms with Gasteiger partial charge in [0.15, 0.2) is 0 Å². The van der Waals surface area contributed by atoms with Crippen LogP contribution in [0.4, 0.5) is 0 Å². The van der Waals surface area contributed by atoms with Crippen LogP contribution >= 0.6 is 0 Å². The van der Waals surface area contributed by atoms with E-state index in [4.69, 9.17) is 4.99 Å². The van der Waals surface area contributed by atoms with Crippen molar-refractivity contribution in [3.05, 3.63) is 241 Å². The zero-order chi connectivity index (χ0) is 41.0. The monoisotopic (exact) mass is 795 g/mol. The fraction of sp³-hybridized carbons (Fsp3) is 0.0351. The first-order chi connectivity index (χ1) is 30.8. The quantitative estimate of drug-likeness (QED) is 0.169. The summed E-state index contributed by atoms with van der Waals surface area (Å²) in [7, 11) is 0. The maximum absolute atomic E-state index is 5.44. The van der Waals surface area contributed by atoms with Crippen LogP contribution in [-0.4, -0.2) is 15.0 Å². The molecule has 1 aliphatic heterocycles. The zero-order valence-electron chi connectivity index (χ0n) is 33.9. The van der Waals surface area contributed by atoms with E-state index >= 15 is 0 Å². The summed E-state index contributed by atoms with van der Waals surface area (Å²) in [6, 6.07) is 80.6. The van der Waals surface area contributed by atoms with E-state index in [1.807, 2.05) is 0 Å². The number of hydrogen-bond donors (Lipinski definition) is 2. The molecule has 5 heteroatoms. The number of benzene rings is 9. The molecule has 2 aromatic heterocycles. The maximum Gasteiger partial charge on any atom is 0.131 e. The van der Waals surface area contributed by atoms with Crippen LogP contribution in [0, 0.1) is 0 Å². The van der Waals surface area contributed by atoms with Crippen LogP contribution in [0.15, 0.2) is 229 Å². The highest BCUT2D eigenvalue weighted by molar-refractivity contribution is 6.24. The number of fused-ring (bicyclic) bond motifs is 6. The summed E-state index contributed by atoms with van der Waals surface area (Å²) in [5.41, 5.74) is 14.9. The van der Waals surface area contributed by atoms with Gasteiger partial charge in [-0.1, -0.05) is 188 Å². The summed E-state index contributed by atoms with van der Waals surface area (Å²) < 4.78 is 4.90. The number of hydrogen-bond acceptors (Lipinski definition) is 3. The van der Waals surface area contributed by atoms with Crippen LogP contribution in [0.25, 0.3) is 77.2 Å². The Morgan fingerprint density at radius 1 is 0.403 bits per heavy atom. The Kier molecular flexibility index (Phi) is 8.65. The molecule has 0 aliphatic carbocycles. The summed E-state index contributed by atoms with van der Waals surface area (Å²) in [6.07, 6.45) is -0.518. The van der Waals surface area contributed by atoms with Crippen LogP contribution < -0.4 is 10.6 Å². The van der Waals surface area contributed by atoms with Crippen LogP contribution in [0.5, 0.6) is 0 Å². The minimum atomic E-state index is -0.356. The van der Waals surface area contributed by atoms with Crippen molar-refractivity contribution in [2.45, 2.75) is 12.3 Å². The van der Waals surface area contributed by atoms with Gasteiger partial charge >= 0.3 is 0 Å². The van der Waals surface area contributed by atoms with E-state index < -0.39 is 0 Å². The molecule has 3 heterocycles. The Balaban J connectivity index is 1.15. The van der Waals surface area contributed by atoms with Gasteiger partial charge in [0.2, 0.25) is 0 Å². The summed E-state index contributed by atoms with van der Waals surface area (Å²) in [6.45, 7) is 0. The van der Waals surface area contributed by atoms with Gasteiger partial charge in [0.05, 0.1) is 27.8 Å². The molecule has 2 unspecified atom stereocenters. The van der Waals surface area contributed by atoms with Crippen molar-refractivity contribution in [3.63, 3.8) is 0 Å². The van der Waals surface area contributed by atoms with Gasteiger partial charge in [-0.2, -0.15) is 0 Å². The summed E-state index contributed by atoms with van der Waals surface area (Å²) in [4.78, 5) is 5.44. The van der Waals surface area contributed by atoms with Gasteiger partial charge < -0.3 is 14.5 Å². The first kappa shape index (κ1) is 35.9. The van der Waals surface area contributed by atoms with Gasteiger partial charge in [-0.15, -0.1) is 0 Å². The van der Waals surface area contributed by atoms with Gasteiger partial charge in [-0.25, -0.2) is 4.99 Å². The van der Waals surface area contributed by atoms with E-state index in [0.29, 0.717) is 0 Å². The first-order valence-electron chi connectivity index (χ1n) is 21.3. The molecule has 2 atom stereocenters. The van der Waals surface area contributed by atoms with Gasteiger partial charge in [-0.3, -0.25) is 5.32 Å². The largest absolute Gasteiger partial charge is 0.350 e. The molecule has 12 rings (SSSR count). The van der Waals surface area contributed by atoms with Gasteiger partial charge in [0.1, 0.15) is 18.2 Å². The van der Waals surface area contributed by atoms with Gasteiger partial charge in [0, 0.05) is 43.9 Å². The summed E-state index contributed by atoms with van der Waals surface area (Å²) in [5.74, 6) is 0.857. The first-order valence-corrected chi connectivity index (χ1v) is 21.3. The molecular formula is C57H41N5. The average molecular weight is 796 g/mol. The van der Waals surface area contributed by atoms with Crippen molar-refractivity contribution in [2.75, 3.05) is 0 Å². The minimum Gasteiger partial charge on any atom is -0.350 e. The van der Waals surface area contributed by atoms with E-state index in [2.05, 4.69) is 244 Å². The lowest BCUT2D eigenvalue weighted by atomic mass is 9.92. The third kappa shape index (κ3) is 5.86. The molecule has 5 nitrogen and oxygen atoms in total. The highest BCUT2D eigenvalue weighted by Crippen LogP contribution is 2.47. The van der Waals surface area contributed by atoms with Crippen molar-refractivity contribution in [2.24, 2.45) is 4.99 Å². The zero-order valence-corrected chi connectivity index (χ0v) is 33.9. The molecule has 1 aliphatic rings. The molecule has 62 heavy (non-hydrogen) atoms. The van der Waals surface area contributed by atoms with Crippen molar-refractivity contribution in [1.82, 2.24) is 19.8 Å². The fourth-order valence-corrected chi connectivity index (χ4v) is 9.72. The standard InChI is InChI=1S/C57H41N5/c1-5-20-38(21-6-1)42-36-37-44(43-31-19-35-51-52(43)45-28-13-16-32-48(45)61(51)41-26-11-4-12-27-41)53-46-29-14-17-33-49(46)62(54(42)53)50-34-18-15-30-47(50)57-59-55(39-22-7-2-8-23-39)58-56(60-57)40-24-9-3-10-25-40/h1-37,55,57,59H,(H,58,60). The Morgan fingerprint density at radius 3 is 1.69 bits per heavy atom. The van der Waals surface area contributed by atoms with Gasteiger partial charge in [-0.05, 0) is 58.7 Å². The van der Waals surface area contributed by atoms with E-state index in [1.54, 1.807) is 0 Å². The van der Waals surface area contributed by atoms with E-state index in [1.165, 1.54) is 49.3 Å². The Morgan fingerprint density at radius 2 is 0.952 bits per heavy atom. The van der Waals surface area contributed by atoms with Crippen molar-refractivity contribution in [3.8, 4) is 33.6 Å². The molecule has 2 N–H and O–H groups in total. The SMILES string of the molecule is c1ccc(C2=NC(c3ccccc3-n3c4ccccc4c4c(-c5cccc6c5c5ccccc5n6-c5ccccc5)ccc(-c5ccccc5)c43)NC(c3ccccc3)N2)cc1. The van der Waals surface area contributed by atoms with Crippen LogP contribution in [0.2, 0.25) is 0 Å². The lowest BCUT2D eigenvalue weighted by Gasteiger charge is -2.33. The highest BCUT2D eigenvalue weighted by atomic mass is 15.3. The third-order valence-electron chi connectivity index (χ3n) is 12.4. The van der Waals surface area contributed by atoms with Crippen LogP contribution in [0.1, 0.15) is 29.0 Å². The lowest BCUT2D eigenvalue weighted by molar-refractivity contribution is 0.408. The third-order valence-corrected chi connectivity index (χ3v) is 12.4. The molecule has 0 radical (unpaired) electrons. The second kappa shape index (κ2) is 14.9. The number of rotatable bonds is 7. The number of nitrogens with zero attached hydrogens (tertiary/aromatic N) is 3. The Labute approximate surface area is 359 Å². The Hall–Kier alpha value is -7.99. The van der Waals surface area contributed by atoms with Crippen LogP contribution in [0.3, 0.4) is 0 Å². The topological polar surface area (TPSA) is 46.3 Å². The lowest BCUT2D eigenvalue weighted by Crippen LogP contribution is -2.45. The maximum atomic E-state index is 5.44. The smallest absolute Gasteiger partial charge is 0.131 e. The number of aliphatic imine (C=N–C) groups is 1. The molecule has 0 saturated carbocycles. The van der Waals surface area contributed by atoms with E-state index in [0.717, 1.165) is 50.5 Å². The summed E-state index contributed by atoms with van der Waals surface area (Å²) >= 11 is 0. The van der Waals surface area contributed by atoms with Crippen molar-refractivity contribution < 1.29 is 0 Å². The predicted octanol–water partition coefficient (Wildman–Crippen LogP) is 13.6. The number of nitrogens with one attached hydrogen (secondary N) is 2. The average Bonchev–Trinajstić information content (AvgIpc) is 3.88. The minimum absolute atomic E-state index is 0.162. The summed E-state index contributed by atoms with van der Waals surface area (Å²) in [5, 5.41) is 12.5. The molecule has 0 fully saturated rings. The molecule has 0 saturated heterocycles. The second-order valence-corrected chi connectivity index (χ2v) is 16.0. The van der Waals surface area contributed by atoms with Crippen LogP contribution in [-0.2, 0) is 0 Å². The van der Waals surface area contributed by atoms with E-state index in [-0.39, 0.29) is 12.3 Å². The van der Waals surface area contributed by atoms with Crippen molar-refractivity contribution >= 4 is 49.4 Å². The molecular weight excluding hydrogens is 755 g/mol. The molecule has 0 bridgehead atoms. The molecule has 0 amide bonds. The fourth-order valence-electron chi connectivity index (χ4n) is 9.72. The molecule has 11 aromatic rings. The molecule has 0 spiro atoms. The molecule has 9 aromatic carbocycles.